The van der Waals surface area contributed by atoms with E-state index in [1.165, 1.54) is 0 Å². The number of rotatable bonds is 2. The molecule has 0 bridgehead atoms. The molecule has 4 nitrogen and oxygen atoms in total. The Morgan fingerprint density at radius 1 is 1.26 bits per heavy atom. The Morgan fingerprint density at radius 3 is 2.32 bits per heavy atom. The summed E-state index contributed by atoms with van der Waals surface area (Å²) in [6.07, 6.45) is 0.110. The standard InChI is InChI=1S/C15H22N2O2/c1-11-9-17(10-12(2)19-11)14(18)15(3,16)13-7-5-4-6-8-13/h4-8,11-12H,9-10,16H2,1-3H3/t11-,12+,15?. The van der Waals surface area contributed by atoms with E-state index in [9.17, 15) is 4.79 Å². The van der Waals surface area contributed by atoms with Gasteiger partial charge in [-0.2, -0.15) is 0 Å². The van der Waals surface area contributed by atoms with E-state index < -0.39 is 5.54 Å². The summed E-state index contributed by atoms with van der Waals surface area (Å²) in [5.41, 5.74) is 6.12. The highest BCUT2D eigenvalue weighted by Gasteiger charge is 2.37. The molecule has 0 radical (unpaired) electrons. The summed E-state index contributed by atoms with van der Waals surface area (Å²) in [6.45, 7) is 6.93. The van der Waals surface area contributed by atoms with Crippen LogP contribution < -0.4 is 5.73 Å². The highest BCUT2D eigenvalue weighted by Crippen LogP contribution is 2.22. The average Bonchev–Trinajstić information content (AvgIpc) is 2.37. The number of ether oxygens (including phenoxy) is 1. The minimum atomic E-state index is -0.988. The fourth-order valence-corrected chi connectivity index (χ4v) is 2.58. The van der Waals surface area contributed by atoms with E-state index in [1.54, 1.807) is 6.92 Å². The van der Waals surface area contributed by atoms with Crippen LogP contribution in [-0.4, -0.2) is 36.1 Å². The lowest BCUT2D eigenvalue weighted by Crippen LogP contribution is -2.56. The maximum Gasteiger partial charge on any atom is 0.247 e. The summed E-state index contributed by atoms with van der Waals surface area (Å²) in [5.74, 6) is -0.0410. The fourth-order valence-electron chi connectivity index (χ4n) is 2.58. The van der Waals surface area contributed by atoms with Crippen LogP contribution >= 0.6 is 0 Å². The van der Waals surface area contributed by atoms with Gasteiger partial charge in [0.15, 0.2) is 0 Å². The van der Waals surface area contributed by atoms with Gasteiger partial charge in [-0.15, -0.1) is 0 Å². The normalized spacial score (nSPS) is 26.8. The van der Waals surface area contributed by atoms with Crippen LogP contribution in [0.1, 0.15) is 26.3 Å². The van der Waals surface area contributed by atoms with Crippen molar-refractivity contribution in [2.45, 2.75) is 38.5 Å². The Kier molecular flexibility index (Phi) is 3.92. The molecule has 2 rings (SSSR count). The molecule has 1 aromatic carbocycles. The van der Waals surface area contributed by atoms with Gasteiger partial charge >= 0.3 is 0 Å². The number of nitrogens with two attached hydrogens (primary N) is 1. The molecular weight excluding hydrogens is 240 g/mol. The second-order valence-corrected chi connectivity index (χ2v) is 5.54. The third kappa shape index (κ3) is 2.96. The van der Waals surface area contributed by atoms with Crippen molar-refractivity contribution in [2.24, 2.45) is 5.73 Å². The molecule has 0 aromatic heterocycles. The monoisotopic (exact) mass is 262 g/mol. The number of carbonyl (C=O) groups excluding carboxylic acids is 1. The Balaban J connectivity index is 2.18. The van der Waals surface area contributed by atoms with Crippen molar-refractivity contribution in [3.8, 4) is 0 Å². The molecule has 1 unspecified atom stereocenters. The Morgan fingerprint density at radius 2 is 1.79 bits per heavy atom. The van der Waals surface area contributed by atoms with Gasteiger partial charge in [-0.1, -0.05) is 30.3 Å². The van der Waals surface area contributed by atoms with Crippen LogP contribution in [0.15, 0.2) is 30.3 Å². The first kappa shape index (κ1) is 14.0. The van der Waals surface area contributed by atoms with Gasteiger partial charge in [0.25, 0.3) is 0 Å². The van der Waals surface area contributed by atoms with E-state index in [1.807, 2.05) is 49.1 Å². The van der Waals surface area contributed by atoms with Crippen LogP contribution in [-0.2, 0) is 15.1 Å². The predicted molar refractivity (Wildman–Crippen MR) is 74.6 cm³/mol. The maximum absolute atomic E-state index is 12.7. The zero-order valence-corrected chi connectivity index (χ0v) is 11.8. The van der Waals surface area contributed by atoms with Crippen LogP contribution in [0.2, 0.25) is 0 Å². The number of nitrogens with zero attached hydrogens (tertiary/aromatic N) is 1. The molecule has 2 N–H and O–H groups in total. The molecule has 1 fully saturated rings. The SMILES string of the molecule is C[C@@H]1CN(C(=O)C(C)(N)c2ccccc2)C[C@H](C)O1. The van der Waals surface area contributed by atoms with Crippen molar-refractivity contribution >= 4 is 5.91 Å². The molecule has 0 aliphatic carbocycles. The van der Waals surface area contributed by atoms with Gasteiger partial charge in [0.2, 0.25) is 5.91 Å². The topological polar surface area (TPSA) is 55.6 Å². The van der Waals surface area contributed by atoms with Crippen molar-refractivity contribution in [1.29, 1.82) is 0 Å². The van der Waals surface area contributed by atoms with Crippen LogP contribution in [0.3, 0.4) is 0 Å². The molecule has 4 heteroatoms. The molecule has 19 heavy (non-hydrogen) atoms. The molecule has 0 saturated carbocycles. The summed E-state index contributed by atoms with van der Waals surface area (Å²) >= 11 is 0. The number of morpholine rings is 1. The van der Waals surface area contributed by atoms with Gasteiger partial charge < -0.3 is 15.4 Å². The van der Waals surface area contributed by atoms with E-state index in [0.717, 1.165) is 5.56 Å². The zero-order valence-electron chi connectivity index (χ0n) is 11.8. The minimum absolute atomic E-state index is 0.0410. The van der Waals surface area contributed by atoms with Gasteiger partial charge in [-0.25, -0.2) is 0 Å². The number of amides is 1. The van der Waals surface area contributed by atoms with Crippen molar-refractivity contribution in [3.63, 3.8) is 0 Å². The first-order valence-electron chi connectivity index (χ1n) is 6.70. The predicted octanol–water partition coefficient (Wildman–Crippen LogP) is 1.50. The molecule has 1 amide bonds. The summed E-state index contributed by atoms with van der Waals surface area (Å²) < 4.78 is 5.65. The summed E-state index contributed by atoms with van der Waals surface area (Å²) in [6, 6.07) is 9.51. The third-order valence-corrected chi connectivity index (χ3v) is 3.52. The fraction of sp³-hybridized carbons (Fsp3) is 0.533. The quantitative estimate of drug-likeness (QED) is 0.878. The van der Waals surface area contributed by atoms with Crippen molar-refractivity contribution in [1.82, 2.24) is 4.90 Å². The van der Waals surface area contributed by atoms with Crippen LogP contribution in [0, 0.1) is 0 Å². The molecule has 1 aliphatic heterocycles. The van der Waals surface area contributed by atoms with Crippen molar-refractivity contribution < 1.29 is 9.53 Å². The van der Waals surface area contributed by atoms with Crippen LogP contribution in [0.5, 0.6) is 0 Å². The first-order chi connectivity index (χ1) is 8.91. The van der Waals surface area contributed by atoms with Gasteiger partial charge in [-0.3, -0.25) is 4.79 Å². The first-order valence-corrected chi connectivity index (χ1v) is 6.70. The summed E-state index contributed by atoms with van der Waals surface area (Å²) in [7, 11) is 0. The molecule has 3 atom stereocenters. The number of hydrogen-bond acceptors (Lipinski definition) is 3. The van der Waals surface area contributed by atoms with E-state index in [0.29, 0.717) is 13.1 Å². The number of hydrogen-bond donors (Lipinski definition) is 1. The van der Waals surface area contributed by atoms with Crippen molar-refractivity contribution in [3.05, 3.63) is 35.9 Å². The van der Waals surface area contributed by atoms with Gasteiger partial charge in [0.1, 0.15) is 5.54 Å². The molecule has 1 aliphatic rings. The van der Waals surface area contributed by atoms with Gasteiger partial charge in [-0.05, 0) is 26.3 Å². The molecular formula is C15H22N2O2. The second kappa shape index (κ2) is 5.31. The Labute approximate surface area is 114 Å². The molecule has 1 heterocycles. The molecule has 0 spiro atoms. The number of carbonyl (C=O) groups is 1. The maximum atomic E-state index is 12.7. The average molecular weight is 262 g/mol. The smallest absolute Gasteiger partial charge is 0.247 e. The van der Waals surface area contributed by atoms with Crippen LogP contribution in [0.25, 0.3) is 0 Å². The highest BCUT2D eigenvalue weighted by atomic mass is 16.5. The lowest BCUT2D eigenvalue weighted by molar-refractivity contribution is -0.148. The lowest BCUT2D eigenvalue weighted by atomic mass is 9.91. The zero-order chi connectivity index (χ0) is 14.0. The second-order valence-electron chi connectivity index (χ2n) is 5.54. The molecule has 1 saturated heterocycles. The largest absolute Gasteiger partial charge is 0.372 e. The van der Waals surface area contributed by atoms with E-state index in [2.05, 4.69) is 0 Å². The highest BCUT2D eigenvalue weighted by molar-refractivity contribution is 5.87. The Bertz CT molecular complexity index is 435. The molecule has 104 valence electrons. The lowest BCUT2D eigenvalue weighted by Gasteiger charge is -2.39. The number of benzene rings is 1. The summed E-state index contributed by atoms with van der Waals surface area (Å²) in [4.78, 5) is 14.5. The summed E-state index contributed by atoms with van der Waals surface area (Å²) in [5, 5.41) is 0. The van der Waals surface area contributed by atoms with E-state index in [-0.39, 0.29) is 18.1 Å². The molecule has 1 aromatic rings. The van der Waals surface area contributed by atoms with Gasteiger partial charge in [0, 0.05) is 13.1 Å². The van der Waals surface area contributed by atoms with E-state index >= 15 is 0 Å². The van der Waals surface area contributed by atoms with Gasteiger partial charge in [0.05, 0.1) is 12.2 Å². The third-order valence-electron chi connectivity index (χ3n) is 3.52. The minimum Gasteiger partial charge on any atom is -0.372 e. The Hall–Kier alpha value is -1.39. The van der Waals surface area contributed by atoms with Crippen molar-refractivity contribution in [2.75, 3.05) is 13.1 Å². The van der Waals surface area contributed by atoms with Crippen LogP contribution in [0.4, 0.5) is 0 Å². The van der Waals surface area contributed by atoms with E-state index in [4.69, 9.17) is 10.5 Å².